The molecule has 1 aromatic heterocycles. The molecule has 4 aromatic rings. The third-order valence-electron chi connectivity index (χ3n) is 4.60. The first-order valence-corrected chi connectivity index (χ1v) is 9.02. The predicted octanol–water partition coefficient (Wildman–Crippen LogP) is 3.50. The molecule has 0 saturated carbocycles. The van der Waals surface area contributed by atoms with Gasteiger partial charge in [-0.05, 0) is 35.1 Å². The molecule has 4 rings (SSSR count). The van der Waals surface area contributed by atoms with Crippen LogP contribution < -0.4 is 5.23 Å². The highest BCUT2D eigenvalue weighted by Crippen LogP contribution is 2.21. The zero-order chi connectivity index (χ0) is 20.5. The summed E-state index contributed by atoms with van der Waals surface area (Å²) in [4.78, 5) is 15.9. The predicted molar refractivity (Wildman–Crippen MR) is 111 cm³/mol. The van der Waals surface area contributed by atoms with Crippen molar-refractivity contribution in [2.45, 2.75) is 0 Å². The Morgan fingerprint density at radius 2 is 1.93 bits per heavy atom. The molecule has 142 valence electrons. The van der Waals surface area contributed by atoms with E-state index in [-0.39, 0.29) is 16.0 Å². The monoisotopic (exact) mass is 402 g/mol. The Hall–Kier alpha value is -3.61. The van der Waals surface area contributed by atoms with Crippen LogP contribution in [0.25, 0.3) is 28.0 Å². The number of aromatic nitrogens is 2. The van der Waals surface area contributed by atoms with Crippen LogP contribution >= 0.6 is 12.2 Å². The summed E-state index contributed by atoms with van der Waals surface area (Å²) in [6, 6.07) is 19.3. The van der Waals surface area contributed by atoms with Crippen LogP contribution in [0.5, 0.6) is 0 Å². The van der Waals surface area contributed by atoms with E-state index in [4.69, 9.17) is 12.2 Å². The fourth-order valence-electron chi connectivity index (χ4n) is 3.14. The molecule has 0 aliphatic carbocycles. The van der Waals surface area contributed by atoms with Gasteiger partial charge in [-0.15, -0.1) is 0 Å². The molecule has 1 heterocycles. The van der Waals surface area contributed by atoms with Crippen LogP contribution in [0, 0.1) is 21.3 Å². The van der Waals surface area contributed by atoms with Crippen molar-refractivity contribution in [2.24, 2.45) is 0 Å². The van der Waals surface area contributed by atoms with Crippen molar-refractivity contribution in [2.75, 3.05) is 0 Å². The number of nitrogens with one attached hydrogen (secondary N) is 2. The summed E-state index contributed by atoms with van der Waals surface area (Å²) in [6.07, 6.45) is 1.34. The lowest BCUT2D eigenvalue weighted by atomic mass is 10.0. The van der Waals surface area contributed by atoms with E-state index in [0.29, 0.717) is 16.6 Å². The molecule has 0 spiro atoms. The number of carbonyl (C=O) groups excluding carboxylic acids is 1. The van der Waals surface area contributed by atoms with Gasteiger partial charge in [-0.2, -0.15) is 10.5 Å². The normalized spacial score (nSPS) is 12.8. The molecule has 0 fully saturated rings. The van der Waals surface area contributed by atoms with Gasteiger partial charge in [-0.1, -0.05) is 36.4 Å². The van der Waals surface area contributed by atoms with Crippen LogP contribution in [-0.4, -0.2) is 20.5 Å². The number of H-pyrrole nitrogens is 1. The van der Waals surface area contributed by atoms with Crippen LogP contribution in [0.3, 0.4) is 0 Å². The average molecular weight is 402 g/mol. The molecule has 0 amide bonds. The molecule has 0 radical (unpaired) electrons. The number of carbonyl (C=O) groups is 1. The largest absolute Gasteiger partial charge is 0.595 e. The summed E-state index contributed by atoms with van der Waals surface area (Å²) < 4.78 is 1.69. The zero-order valence-electron chi connectivity index (χ0n) is 14.9. The topological polar surface area (TPSA) is 109 Å². The molecule has 0 aliphatic rings. The Morgan fingerprint density at radius 3 is 2.66 bits per heavy atom. The van der Waals surface area contributed by atoms with Crippen LogP contribution in [0.2, 0.25) is 0 Å². The number of ketones is 1. The number of nitrogens with zero attached hydrogens (tertiary/aromatic N) is 2. The van der Waals surface area contributed by atoms with Crippen molar-refractivity contribution in [1.82, 2.24) is 9.55 Å². The maximum Gasteiger partial charge on any atom is 0.205 e. The number of hydrogen-bond acceptors (Lipinski definition) is 5. The second kappa shape index (κ2) is 7.43. The molecule has 7 nitrogen and oxygen atoms in total. The Kier molecular flexibility index (Phi) is 4.80. The summed E-state index contributed by atoms with van der Waals surface area (Å²) in [5.41, 5.74) is 1.42. The number of Topliss-reactive ketones (excluding diaryl/α,β-unsaturated/α-hetero) is 1. The Labute approximate surface area is 169 Å². The summed E-state index contributed by atoms with van der Waals surface area (Å²) in [5.74, 6) is -0.441. The van der Waals surface area contributed by atoms with Crippen LogP contribution in [0.4, 0.5) is 5.69 Å². The molecule has 3 N–H and O–H groups in total. The third-order valence-corrected chi connectivity index (χ3v) is 4.90. The lowest BCUT2D eigenvalue weighted by Crippen LogP contribution is -2.99. The number of imidazole rings is 1. The summed E-state index contributed by atoms with van der Waals surface area (Å²) >= 11 is 5.29. The first-order chi connectivity index (χ1) is 14.0. The molecule has 3 aromatic carbocycles. The van der Waals surface area contributed by atoms with E-state index in [9.17, 15) is 20.5 Å². The van der Waals surface area contributed by atoms with E-state index < -0.39 is 11.0 Å². The molecule has 8 heteroatoms. The minimum Gasteiger partial charge on any atom is -0.595 e. The Morgan fingerprint density at radius 1 is 1.17 bits per heavy atom. The zero-order valence-corrected chi connectivity index (χ0v) is 15.7. The molecular weight excluding hydrogens is 388 g/mol. The fraction of sp³-hybridized carbons (Fsp3) is 0. The number of allylic oxidation sites excluding steroid dienone is 1. The first-order valence-electron chi connectivity index (χ1n) is 8.61. The van der Waals surface area contributed by atoms with Gasteiger partial charge in [0.1, 0.15) is 11.6 Å². The van der Waals surface area contributed by atoms with Crippen LogP contribution in [0.15, 0.2) is 66.2 Å². The lowest BCUT2D eigenvalue weighted by molar-refractivity contribution is -0.991. The first kappa shape index (κ1) is 18.7. The average Bonchev–Trinajstić information content (AvgIpc) is 3.05. The van der Waals surface area contributed by atoms with Gasteiger partial charge in [0.25, 0.3) is 0 Å². The number of benzene rings is 3. The van der Waals surface area contributed by atoms with E-state index in [1.54, 1.807) is 18.2 Å². The summed E-state index contributed by atoms with van der Waals surface area (Å²) in [7, 11) is 0. The number of fused-ring (bicyclic) bond motifs is 2. The van der Waals surface area contributed by atoms with Gasteiger partial charge in [0.15, 0.2) is 10.5 Å². The van der Waals surface area contributed by atoms with Crippen molar-refractivity contribution >= 4 is 51.7 Å². The molecule has 0 saturated heterocycles. The Balaban J connectivity index is 1.82. The van der Waals surface area contributed by atoms with E-state index in [0.717, 1.165) is 10.8 Å². The van der Waals surface area contributed by atoms with E-state index in [2.05, 4.69) is 4.98 Å². The molecule has 0 bridgehead atoms. The molecule has 1 atom stereocenters. The quantitative estimate of drug-likeness (QED) is 0.159. The van der Waals surface area contributed by atoms with E-state index in [1.165, 1.54) is 22.9 Å². The number of aromatic amines is 1. The van der Waals surface area contributed by atoms with E-state index >= 15 is 0 Å². The van der Waals surface area contributed by atoms with Gasteiger partial charge in [-0.25, -0.2) is 5.21 Å². The highest BCUT2D eigenvalue weighted by Gasteiger charge is 2.15. The van der Waals surface area contributed by atoms with Gasteiger partial charge in [-0.3, -0.25) is 9.36 Å². The van der Waals surface area contributed by atoms with Crippen molar-refractivity contribution in [3.05, 3.63) is 81.8 Å². The summed E-state index contributed by atoms with van der Waals surface area (Å²) in [6.45, 7) is 0. The van der Waals surface area contributed by atoms with Crippen LogP contribution in [0.1, 0.15) is 10.4 Å². The number of rotatable bonds is 4. The number of quaternary nitrogens is 1. The van der Waals surface area contributed by atoms with Gasteiger partial charge in [0, 0.05) is 23.9 Å². The van der Waals surface area contributed by atoms with Crippen molar-refractivity contribution in [3.8, 4) is 6.07 Å². The van der Waals surface area contributed by atoms with Gasteiger partial charge in [0.05, 0.1) is 11.0 Å². The molecule has 0 aliphatic heterocycles. The fourth-order valence-corrected chi connectivity index (χ4v) is 3.40. The second-order valence-electron chi connectivity index (χ2n) is 6.38. The molecule has 1 unspecified atom stereocenters. The maximum absolute atomic E-state index is 12.9. The lowest BCUT2D eigenvalue weighted by Gasteiger charge is -2.11. The minimum atomic E-state index is -1.08. The second-order valence-corrected chi connectivity index (χ2v) is 6.77. The minimum absolute atomic E-state index is 0.0769. The van der Waals surface area contributed by atoms with E-state index in [1.807, 2.05) is 36.4 Å². The Bertz CT molecular complexity index is 1390. The third kappa shape index (κ3) is 3.47. The van der Waals surface area contributed by atoms with Crippen molar-refractivity contribution in [1.29, 1.82) is 5.26 Å². The maximum atomic E-state index is 12.9. The summed E-state index contributed by atoms with van der Waals surface area (Å²) in [5, 5.41) is 30.9. The standard InChI is InChI=1S/C21H14N4O3S/c22-11-16(20(26)15-6-5-13-3-1-2-4-14(13)9-15)12-24-19-10-17(25(27)28)7-8-18(19)23-21(24)29/h1-10,12,25,27H,(H,23,29)/b16-12-. The smallest absolute Gasteiger partial charge is 0.205 e. The SMILES string of the molecule is N#C/C(=C/n1c(=S)[nH]c2ccc([NH+]([O-])O)cc21)C(=O)c1ccc2ccccc2c1. The van der Waals surface area contributed by atoms with Crippen LogP contribution in [-0.2, 0) is 0 Å². The highest BCUT2D eigenvalue weighted by molar-refractivity contribution is 7.71. The van der Waals surface area contributed by atoms with Crippen molar-refractivity contribution in [3.63, 3.8) is 0 Å². The number of hydrogen-bond donors (Lipinski definition) is 3. The van der Waals surface area contributed by atoms with Gasteiger partial charge in [0.2, 0.25) is 5.78 Å². The molecule has 29 heavy (non-hydrogen) atoms. The number of nitriles is 1. The molecular formula is C21H14N4O3S. The van der Waals surface area contributed by atoms with Crippen molar-refractivity contribution < 1.29 is 15.2 Å². The van der Waals surface area contributed by atoms with Gasteiger partial charge >= 0.3 is 0 Å². The highest BCUT2D eigenvalue weighted by atomic mass is 32.1. The van der Waals surface area contributed by atoms with Gasteiger partial charge < -0.3 is 10.2 Å².